The SMILES string of the molecule is CNC(=O)N1C(C(C)(C)C)N(C)C(=O)C1(c1ccccc1)c1ccc(F)cc1. The summed E-state index contributed by atoms with van der Waals surface area (Å²) < 4.78 is 13.7. The van der Waals surface area contributed by atoms with Crippen LogP contribution >= 0.6 is 0 Å². The van der Waals surface area contributed by atoms with Gasteiger partial charge in [0.1, 0.15) is 12.0 Å². The predicted octanol–water partition coefficient (Wildman–Crippen LogP) is 3.55. The highest BCUT2D eigenvalue weighted by Crippen LogP contribution is 2.48. The summed E-state index contributed by atoms with van der Waals surface area (Å²) in [7, 11) is 3.26. The van der Waals surface area contributed by atoms with Crippen molar-refractivity contribution >= 4 is 11.9 Å². The van der Waals surface area contributed by atoms with Gasteiger partial charge in [0, 0.05) is 19.5 Å². The van der Waals surface area contributed by atoms with Gasteiger partial charge in [-0.05, 0) is 23.3 Å². The zero-order valence-electron chi connectivity index (χ0n) is 16.9. The summed E-state index contributed by atoms with van der Waals surface area (Å²) in [5.41, 5.74) is -0.587. The van der Waals surface area contributed by atoms with Crippen LogP contribution in [0.2, 0.25) is 0 Å². The van der Waals surface area contributed by atoms with Crippen LogP contribution in [0.5, 0.6) is 0 Å². The number of amides is 3. The summed E-state index contributed by atoms with van der Waals surface area (Å²) in [6, 6.07) is 14.6. The Bertz CT molecular complexity index is 877. The number of hydrogen-bond donors (Lipinski definition) is 1. The van der Waals surface area contributed by atoms with Crippen molar-refractivity contribution in [1.29, 1.82) is 0 Å². The molecule has 3 rings (SSSR count). The van der Waals surface area contributed by atoms with E-state index in [2.05, 4.69) is 5.32 Å². The number of nitrogens with one attached hydrogen (secondary N) is 1. The quantitative estimate of drug-likeness (QED) is 0.862. The maximum atomic E-state index is 13.8. The maximum Gasteiger partial charge on any atom is 0.320 e. The summed E-state index contributed by atoms with van der Waals surface area (Å²) in [4.78, 5) is 30.2. The van der Waals surface area contributed by atoms with Crippen LogP contribution in [-0.4, -0.2) is 42.0 Å². The van der Waals surface area contributed by atoms with Gasteiger partial charge in [0.15, 0.2) is 5.54 Å². The lowest BCUT2D eigenvalue weighted by molar-refractivity contribution is -0.132. The number of nitrogens with zero attached hydrogens (tertiary/aromatic N) is 2. The molecule has 0 radical (unpaired) electrons. The Morgan fingerprint density at radius 1 is 1.04 bits per heavy atom. The third kappa shape index (κ3) is 2.84. The molecule has 1 N–H and O–H groups in total. The highest BCUT2D eigenvalue weighted by molar-refractivity contribution is 5.98. The van der Waals surface area contributed by atoms with Crippen LogP contribution in [-0.2, 0) is 10.3 Å². The number of rotatable bonds is 2. The van der Waals surface area contributed by atoms with E-state index in [1.807, 2.05) is 51.1 Å². The molecular formula is C22H26FN3O2. The first-order valence-electron chi connectivity index (χ1n) is 9.25. The van der Waals surface area contributed by atoms with Crippen LogP contribution in [0.4, 0.5) is 9.18 Å². The van der Waals surface area contributed by atoms with E-state index in [9.17, 15) is 14.0 Å². The number of likely N-dealkylation sites (N-methyl/N-ethyl adjacent to an activating group) is 1. The summed E-state index contributed by atoms with van der Waals surface area (Å²) in [5, 5.41) is 2.69. The van der Waals surface area contributed by atoms with Gasteiger partial charge in [-0.1, -0.05) is 63.2 Å². The van der Waals surface area contributed by atoms with Crippen molar-refractivity contribution in [2.24, 2.45) is 5.41 Å². The molecule has 1 fully saturated rings. The Morgan fingerprint density at radius 2 is 1.57 bits per heavy atom. The first-order chi connectivity index (χ1) is 13.2. The number of halogens is 1. The minimum absolute atomic E-state index is 0.228. The second-order valence-corrected chi connectivity index (χ2v) is 8.16. The summed E-state index contributed by atoms with van der Waals surface area (Å²) >= 11 is 0. The third-order valence-corrected chi connectivity index (χ3v) is 5.26. The van der Waals surface area contributed by atoms with E-state index >= 15 is 0 Å². The third-order valence-electron chi connectivity index (χ3n) is 5.26. The molecule has 5 nitrogen and oxygen atoms in total. The van der Waals surface area contributed by atoms with E-state index in [0.29, 0.717) is 11.1 Å². The average molecular weight is 383 g/mol. The fraction of sp³-hybridized carbons (Fsp3) is 0.364. The Morgan fingerprint density at radius 3 is 2.07 bits per heavy atom. The van der Waals surface area contributed by atoms with Gasteiger partial charge in [-0.15, -0.1) is 0 Å². The van der Waals surface area contributed by atoms with Gasteiger partial charge in [0.2, 0.25) is 0 Å². The van der Waals surface area contributed by atoms with Crippen molar-refractivity contribution in [3.05, 3.63) is 71.5 Å². The van der Waals surface area contributed by atoms with Crippen molar-refractivity contribution in [2.45, 2.75) is 32.5 Å². The van der Waals surface area contributed by atoms with Crippen LogP contribution in [0.1, 0.15) is 31.9 Å². The van der Waals surface area contributed by atoms with Crippen LogP contribution < -0.4 is 5.32 Å². The topological polar surface area (TPSA) is 52.7 Å². The Labute approximate surface area is 165 Å². The van der Waals surface area contributed by atoms with Crippen LogP contribution in [0, 0.1) is 11.2 Å². The second kappa shape index (κ2) is 6.93. The van der Waals surface area contributed by atoms with E-state index in [4.69, 9.17) is 0 Å². The molecule has 2 atom stereocenters. The van der Waals surface area contributed by atoms with Gasteiger partial charge in [-0.2, -0.15) is 0 Å². The lowest BCUT2D eigenvalue weighted by atomic mass is 9.80. The van der Waals surface area contributed by atoms with E-state index in [-0.39, 0.29) is 11.9 Å². The number of carbonyl (C=O) groups is 2. The summed E-state index contributed by atoms with van der Waals surface area (Å²) in [6.45, 7) is 5.97. The molecule has 3 amide bonds. The van der Waals surface area contributed by atoms with Gasteiger partial charge >= 0.3 is 6.03 Å². The Balaban J connectivity index is 2.40. The molecule has 6 heteroatoms. The zero-order valence-corrected chi connectivity index (χ0v) is 16.9. The lowest BCUT2D eigenvalue weighted by Gasteiger charge is -2.43. The first kappa shape index (κ1) is 19.9. The van der Waals surface area contributed by atoms with Crippen molar-refractivity contribution < 1.29 is 14.0 Å². The monoisotopic (exact) mass is 383 g/mol. The lowest BCUT2D eigenvalue weighted by Crippen LogP contribution is -2.57. The molecule has 1 aliphatic heterocycles. The van der Waals surface area contributed by atoms with Gasteiger partial charge in [-0.3, -0.25) is 9.69 Å². The normalized spacial score (nSPS) is 22.5. The molecule has 0 saturated carbocycles. The molecule has 0 spiro atoms. The number of carbonyl (C=O) groups excluding carboxylic acids is 2. The minimum Gasteiger partial charge on any atom is -0.341 e. The van der Waals surface area contributed by atoms with Crippen LogP contribution in [0.15, 0.2) is 54.6 Å². The van der Waals surface area contributed by atoms with Crippen molar-refractivity contribution in [3.63, 3.8) is 0 Å². The molecule has 1 heterocycles. The van der Waals surface area contributed by atoms with Gasteiger partial charge in [0.05, 0.1) is 0 Å². The molecule has 1 aliphatic rings. The average Bonchev–Trinajstić information content (AvgIpc) is 2.91. The van der Waals surface area contributed by atoms with Gasteiger partial charge in [-0.25, -0.2) is 9.18 Å². The van der Waals surface area contributed by atoms with Crippen LogP contribution in [0.25, 0.3) is 0 Å². The van der Waals surface area contributed by atoms with Crippen molar-refractivity contribution in [1.82, 2.24) is 15.1 Å². The van der Waals surface area contributed by atoms with E-state index < -0.39 is 22.9 Å². The van der Waals surface area contributed by atoms with Crippen molar-refractivity contribution in [3.8, 4) is 0 Å². The molecule has 2 aromatic carbocycles. The highest BCUT2D eigenvalue weighted by atomic mass is 19.1. The molecule has 0 aliphatic carbocycles. The fourth-order valence-corrected chi connectivity index (χ4v) is 4.24. The number of hydrogen-bond acceptors (Lipinski definition) is 2. The molecule has 0 aromatic heterocycles. The fourth-order valence-electron chi connectivity index (χ4n) is 4.24. The first-order valence-corrected chi connectivity index (χ1v) is 9.25. The minimum atomic E-state index is -1.39. The Hall–Kier alpha value is -2.89. The standard InChI is InChI=1S/C22H26FN3O2/c1-21(2,3)18-25(5)19(27)22(26(18)20(28)24-4,15-9-7-6-8-10-15)16-11-13-17(23)14-12-16/h6-14,18H,1-5H3,(H,24,28). The van der Waals surface area contributed by atoms with Gasteiger partial charge in [0.25, 0.3) is 5.91 Å². The maximum absolute atomic E-state index is 13.8. The van der Waals surface area contributed by atoms with E-state index in [1.54, 1.807) is 36.0 Å². The number of urea groups is 1. The zero-order chi connectivity index (χ0) is 20.7. The van der Waals surface area contributed by atoms with Gasteiger partial charge < -0.3 is 10.2 Å². The number of benzene rings is 2. The molecular weight excluding hydrogens is 357 g/mol. The predicted molar refractivity (Wildman–Crippen MR) is 106 cm³/mol. The molecule has 28 heavy (non-hydrogen) atoms. The van der Waals surface area contributed by atoms with Crippen LogP contribution in [0.3, 0.4) is 0 Å². The molecule has 1 saturated heterocycles. The van der Waals surface area contributed by atoms with Crippen molar-refractivity contribution in [2.75, 3.05) is 14.1 Å². The molecule has 148 valence electrons. The second-order valence-electron chi connectivity index (χ2n) is 8.16. The summed E-state index contributed by atoms with van der Waals surface area (Å²) in [5.74, 6) is -0.626. The Kier molecular flexibility index (Phi) is 4.91. The highest BCUT2D eigenvalue weighted by Gasteiger charge is 2.62. The molecule has 0 bridgehead atoms. The summed E-state index contributed by atoms with van der Waals surface area (Å²) in [6.07, 6.45) is -0.495. The molecule has 2 unspecified atom stereocenters. The van der Waals surface area contributed by atoms with E-state index in [1.165, 1.54) is 12.1 Å². The largest absolute Gasteiger partial charge is 0.341 e. The molecule has 2 aromatic rings. The van der Waals surface area contributed by atoms with E-state index in [0.717, 1.165) is 0 Å². The smallest absolute Gasteiger partial charge is 0.320 e.